The SMILES string of the molecule is CC(C)(C)c1ccc(S(=O)(=O)C(N)c2ccc(C(=O)O)cc2)cc1. The maximum atomic E-state index is 12.7. The van der Waals surface area contributed by atoms with Crippen LogP contribution in [-0.4, -0.2) is 19.5 Å². The van der Waals surface area contributed by atoms with Crippen molar-refractivity contribution >= 4 is 15.8 Å². The molecule has 0 aliphatic rings. The fourth-order valence-corrected chi connectivity index (χ4v) is 3.61. The Morgan fingerprint density at radius 1 is 1.00 bits per heavy atom. The topological polar surface area (TPSA) is 97.5 Å². The molecule has 2 rings (SSSR count). The Labute approximate surface area is 142 Å². The normalized spacial score (nSPS) is 13.5. The molecular formula is C18H21NO4S. The van der Waals surface area contributed by atoms with E-state index in [1.54, 1.807) is 24.3 Å². The standard InChI is InChI=1S/C18H21NO4S/c1-18(2,3)14-8-10-15(11-9-14)24(22,23)16(19)12-4-6-13(7-5-12)17(20)21/h4-11,16H,19H2,1-3H3,(H,20,21). The molecule has 0 radical (unpaired) electrons. The van der Waals surface area contributed by atoms with E-state index in [4.69, 9.17) is 10.8 Å². The molecule has 0 aliphatic heterocycles. The van der Waals surface area contributed by atoms with Crippen molar-refractivity contribution in [2.24, 2.45) is 5.73 Å². The lowest BCUT2D eigenvalue weighted by Crippen LogP contribution is -2.22. The van der Waals surface area contributed by atoms with E-state index in [0.717, 1.165) is 5.56 Å². The van der Waals surface area contributed by atoms with E-state index < -0.39 is 21.2 Å². The van der Waals surface area contributed by atoms with Gasteiger partial charge >= 0.3 is 5.97 Å². The van der Waals surface area contributed by atoms with Gasteiger partial charge in [0, 0.05) is 0 Å². The number of carbonyl (C=O) groups is 1. The van der Waals surface area contributed by atoms with Crippen molar-refractivity contribution in [1.82, 2.24) is 0 Å². The minimum atomic E-state index is -3.76. The van der Waals surface area contributed by atoms with Crippen LogP contribution in [0, 0.1) is 0 Å². The zero-order valence-corrected chi connectivity index (χ0v) is 14.7. The van der Waals surface area contributed by atoms with Gasteiger partial charge in [-0.15, -0.1) is 0 Å². The molecule has 0 bridgehead atoms. The predicted octanol–water partition coefficient (Wildman–Crippen LogP) is 3.11. The largest absolute Gasteiger partial charge is 0.478 e. The first-order chi connectivity index (χ1) is 11.0. The van der Waals surface area contributed by atoms with Crippen LogP contribution in [0.1, 0.15) is 47.6 Å². The number of nitrogens with two attached hydrogens (primary N) is 1. The number of sulfone groups is 1. The molecule has 6 heteroatoms. The molecule has 0 aromatic heterocycles. The van der Waals surface area contributed by atoms with Gasteiger partial charge < -0.3 is 10.8 Å². The molecule has 2 aromatic carbocycles. The molecular weight excluding hydrogens is 326 g/mol. The smallest absolute Gasteiger partial charge is 0.335 e. The molecule has 1 atom stereocenters. The van der Waals surface area contributed by atoms with E-state index in [9.17, 15) is 13.2 Å². The summed E-state index contributed by atoms with van der Waals surface area (Å²) in [6.45, 7) is 6.14. The summed E-state index contributed by atoms with van der Waals surface area (Å²) >= 11 is 0. The van der Waals surface area contributed by atoms with Gasteiger partial charge in [-0.3, -0.25) is 0 Å². The first-order valence-corrected chi connectivity index (χ1v) is 9.01. The molecule has 1 unspecified atom stereocenters. The summed E-state index contributed by atoms with van der Waals surface area (Å²) in [5.74, 6) is -1.07. The molecule has 128 valence electrons. The van der Waals surface area contributed by atoms with Crippen LogP contribution >= 0.6 is 0 Å². The molecule has 24 heavy (non-hydrogen) atoms. The minimum Gasteiger partial charge on any atom is -0.478 e. The summed E-state index contributed by atoms with van der Waals surface area (Å²) in [6, 6.07) is 12.2. The second kappa shape index (κ2) is 6.37. The van der Waals surface area contributed by atoms with Crippen LogP contribution in [0.5, 0.6) is 0 Å². The Morgan fingerprint density at radius 2 is 1.50 bits per heavy atom. The van der Waals surface area contributed by atoms with Crippen LogP contribution in [-0.2, 0) is 15.3 Å². The van der Waals surface area contributed by atoms with Crippen molar-refractivity contribution in [3.63, 3.8) is 0 Å². The molecule has 3 N–H and O–H groups in total. The van der Waals surface area contributed by atoms with Crippen molar-refractivity contribution in [3.05, 3.63) is 65.2 Å². The van der Waals surface area contributed by atoms with Gasteiger partial charge in [-0.25, -0.2) is 13.2 Å². The Kier molecular flexibility index (Phi) is 4.82. The maximum absolute atomic E-state index is 12.7. The van der Waals surface area contributed by atoms with E-state index in [-0.39, 0.29) is 15.9 Å². The lowest BCUT2D eigenvalue weighted by Gasteiger charge is -2.20. The van der Waals surface area contributed by atoms with Gasteiger partial charge in [-0.1, -0.05) is 45.0 Å². The molecule has 0 amide bonds. The molecule has 0 saturated carbocycles. The molecule has 0 spiro atoms. The van der Waals surface area contributed by atoms with Crippen LogP contribution in [0.4, 0.5) is 0 Å². The average molecular weight is 347 g/mol. The van der Waals surface area contributed by atoms with Crippen LogP contribution < -0.4 is 5.73 Å². The fourth-order valence-electron chi connectivity index (χ4n) is 2.29. The van der Waals surface area contributed by atoms with Crippen molar-refractivity contribution in [2.75, 3.05) is 0 Å². The van der Waals surface area contributed by atoms with Gasteiger partial charge in [-0.2, -0.15) is 0 Å². The van der Waals surface area contributed by atoms with E-state index in [1.807, 2.05) is 20.8 Å². The van der Waals surface area contributed by atoms with Crippen LogP contribution in [0.3, 0.4) is 0 Å². The van der Waals surface area contributed by atoms with Crippen LogP contribution in [0.2, 0.25) is 0 Å². The van der Waals surface area contributed by atoms with E-state index in [2.05, 4.69) is 0 Å². The van der Waals surface area contributed by atoms with E-state index >= 15 is 0 Å². The Morgan fingerprint density at radius 3 is 1.92 bits per heavy atom. The van der Waals surface area contributed by atoms with Crippen LogP contribution in [0.15, 0.2) is 53.4 Å². The van der Waals surface area contributed by atoms with Gasteiger partial charge in [0.05, 0.1) is 10.5 Å². The molecule has 0 heterocycles. The quantitative estimate of drug-likeness (QED) is 0.885. The van der Waals surface area contributed by atoms with Crippen molar-refractivity contribution in [1.29, 1.82) is 0 Å². The number of rotatable bonds is 4. The zero-order chi connectivity index (χ0) is 18.1. The second-order valence-corrected chi connectivity index (χ2v) is 8.74. The minimum absolute atomic E-state index is 0.0724. The van der Waals surface area contributed by atoms with E-state index in [0.29, 0.717) is 5.56 Å². The summed E-state index contributed by atoms with van der Waals surface area (Å²) < 4.78 is 25.3. The predicted molar refractivity (Wildman–Crippen MR) is 92.7 cm³/mol. The van der Waals surface area contributed by atoms with Gasteiger partial charge in [0.25, 0.3) is 0 Å². The summed E-state index contributed by atoms with van der Waals surface area (Å²) in [4.78, 5) is 11.0. The Balaban J connectivity index is 2.33. The highest BCUT2D eigenvalue weighted by Gasteiger charge is 2.26. The molecule has 5 nitrogen and oxygen atoms in total. The number of carboxylic acid groups (broad SMARTS) is 1. The monoisotopic (exact) mass is 347 g/mol. The number of benzene rings is 2. The second-order valence-electron chi connectivity index (χ2n) is 6.67. The summed E-state index contributed by atoms with van der Waals surface area (Å²) in [5.41, 5.74) is 7.30. The highest BCUT2D eigenvalue weighted by molar-refractivity contribution is 7.91. The summed E-state index contributed by atoms with van der Waals surface area (Å²) in [6.07, 6.45) is 0. The van der Waals surface area contributed by atoms with Crippen LogP contribution in [0.25, 0.3) is 0 Å². The highest BCUT2D eigenvalue weighted by atomic mass is 32.2. The third-order valence-corrected chi connectivity index (χ3v) is 5.74. The summed E-state index contributed by atoms with van der Waals surface area (Å²) in [5, 5.41) is 7.65. The van der Waals surface area contributed by atoms with Gasteiger partial charge in [0.15, 0.2) is 9.84 Å². The van der Waals surface area contributed by atoms with Gasteiger partial charge in [0.2, 0.25) is 0 Å². The number of hydrogen-bond acceptors (Lipinski definition) is 4. The van der Waals surface area contributed by atoms with Crippen molar-refractivity contribution < 1.29 is 18.3 Å². The van der Waals surface area contributed by atoms with Gasteiger partial charge in [0.1, 0.15) is 5.37 Å². The summed E-state index contributed by atoms with van der Waals surface area (Å²) in [7, 11) is -3.76. The third-order valence-electron chi connectivity index (χ3n) is 3.87. The zero-order valence-electron chi connectivity index (χ0n) is 13.9. The molecule has 0 saturated heterocycles. The molecule has 2 aromatic rings. The lowest BCUT2D eigenvalue weighted by atomic mass is 9.87. The molecule has 0 aliphatic carbocycles. The first kappa shape index (κ1) is 18.2. The fraction of sp³-hybridized carbons (Fsp3) is 0.278. The van der Waals surface area contributed by atoms with Gasteiger partial charge in [-0.05, 0) is 40.8 Å². The lowest BCUT2D eigenvalue weighted by molar-refractivity contribution is 0.0697. The van der Waals surface area contributed by atoms with Crippen molar-refractivity contribution in [3.8, 4) is 0 Å². The number of carboxylic acids is 1. The Bertz CT molecular complexity index is 832. The first-order valence-electron chi connectivity index (χ1n) is 7.47. The van der Waals surface area contributed by atoms with E-state index in [1.165, 1.54) is 24.3 Å². The number of aromatic carboxylic acids is 1. The number of hydrogen-bond donors (Lipinski definition) is 2. The van der Waals surface area contributed by atoms with Crippen molar-refractivity contribution in [2.45, 2.75) is 36.5 Å². The average Bonchev–Trinajstić information content (AvgIpc) is 2.53. The maximum Gasteiger partial charge on any atom is 0.335 e. The molecule has 0 fully saturated rings. The highest BCUT2D eigenvalue weighted by Crippen LogP contribution is 2.28. The Hall–Kier alpha value is -2.18. The third kappa shape index (κ3) is 3.66.